The van der Waals surface area contributed by atoms with E-state index in [0.29, 0.717) is 15.9 Å². The van der Waals surface area contributed by atoms with Crippen molar-refractivity contribution in [1.82, 2.24) is 15.0 Å². The first-order valence-corrected chi connectivity index (χ1v) is 6.10. The highest BCUT2D eigenvalue weighted by atomic mass is 127. The van der Waals surface area contributed by atoms with Gasteiger partial charge in [-0.3, -0.25) is 9.78 Å². The molecule has 2 aromatic heterocycles. The predicted molar refractivity (Wildman–Crippen MR) is 73.9 cm³/mol. The summed E-state index contributed by atoms with van der Waals surface area (Å²) in [5, 5.41) is 0. The predicted octanol–water partition coefficient (Wildman–Crippen LogP) is 1.41. The van der Waals surface area contributed by atoms with Crippen LogP contribution in [0.4, 0.5) is 5.82 Å². The highest BCUT2D eigenvalue weighted by Gasteiger charge is 2.10. The number of pyridine rings is 1. The lowest BCUT2D eigenvalue weighted by atomic mass is 10.3. The summed E-state index contributed by atoms with van der Waals surface area (Å²) < 4.78 is 0.587. The molecule has 0 aliphatic carbocycles. The molecule has 17 heavy (non-hydrogen) atoms. The van der Waals surface area contributed by atoms with Crippen LogP contribution in [0.15, 0.2) is 35.5 Å². The summed E-state index contributed by atoms with van der Waals surface area (Å²) in [5.41, 5.74) is 0.816. The molecule has 6 heteroatoms. The molecular formula is C11H11IN4O. The van der Waals surface area contributed by atoms with Crippen molar-refractivity contribution < 1.29 is 0 Å². The standard InChI is InChI=1S/C11H11IN4O/c1-16(6-8-4-2-3-5-13-8)10-9(12)11(17)15-7-14-10/h2-5,7H,6H2,1H3,(H,14,15,17). The lowest BCUT2D eigenvalue weighted by Crippen LogP contribution is -2.23. The minimum absolute atomic E-state index is 0.122. The van der Waals surface area contributed by atoms with Gasteiger partial charge < -0.3 is 9.88 Å². The van der Waals surface area contributed by atoms with Crippen LogP contribution in [0.5, 0.6) is 0 Å². The SMILES string of the molecule is CN(Cc1ccccn1)c1nc[nH]c(=O)c1I. The number of hydrogen-bond acceptors (Lipinski definition) is 4. The molecule has 0 aliphatic heterocycles. The Kier molecular flexibility index (Phi) is 3.72. The number of rotatable bonds is 3. The van der Waals surface area contributed by atoms with Crippen LogP contribution in [-0.2, 0) is 6.54 Å². The maximum Gasteiger partial charge on any atom is 0.266 e. The highest BCUT2D eigenvalue weighted by Crippen LogP contribution is 2.15. The van der Waals surface area contributed by atoms with Gasteiger partial charge in [-0.05, 0) is 34.7 Å². The molecule has 0 bridgehead atoms. The summed E-state index contributed by atoms with van der Waals surface area (Å²) in [6, 6.07) is 5.75. The van der Waals surface area contributed by atoms with Crippen molar-refractivity contribution in [3.63, 3.8) is 0 Å². The zero-order valence-corrected chi connectivity index (χ0v) is 11.4. The maximum atomic E-state index is 11.5. The number of anilines is 1. The average Bonchev–Trinajstić information content (AvgIpc) is 2.34. The maximum absolute atomic E-state index is 11.5. The second-order valence-corrected chi connectivity index (χ2v) is 4.63. The summed E-state index contributed by atoms with van der Waals surface area (Å²) in [6.45, 7) is 0.618. The summed E-state index contributed by atoms with van der Waals surface area (Å²) in [5.74, 6) is 0.667. The van der Waals surface area contributed by atoms with Crippen LogP contribution in [0.3, 0.4) is 0 Å². The molecule has 5 nitrogen and oxygen atoms in total. The topological polar surface area (TPSA) is 61.9 Å². The van der Waals surface area contributed by atoms with Gasteiger partial charge in [0.2, 0.25) is 0 Å². The Hall–Kier alpha value is -1.44. The van der Waals surface area contributed by atoms with Gasteiger partial charge in [-0.2, -0.15) is 0 Å². The zero-order chi connectivity index (χ0) is 12.3. The molecule has 0 amide bonds. The van der Waals surface area contributed by atoms with Gasteiger partial charge in [0.1, 0.15) is 9.39 Å². The molecule has 0 spiro atoms. The van der Waals surface area contributed by atoms with Crippen molar-refractivity contribution in [1.29, 1.82) is 0 Å². The van der Waals surface area contributed by atoms with Gasteiger partial charge in [-0.1, -0.05) is 6.07 Å². The van der Waals surface area contributed by atoms with Crippen molar-refractivity contribution in [3.05, 3.63) is 50.3 Å². The third-order valence-electron chi connectivity index (χ3n) is 2.27. The van der Waals surface area contributed by atoms with Crippen LogP contribution in [0.1, 0.15) is 5.69 Å². The molecule has 2 heterocycles. The van der Waals surface area contributed by atoms with E-state index >= 15 is 0 Å². The minimum Gasteiger partial charge on any atom is -0.353 e. The molecule has 0 radical (unpaired) electrons. The van der Waals surface area contributed by atoms with Crippen LogP contribution in [0.2, 0.25) is 0 Å². The van der Waals surface area contributed by atoms with Crippen LogP contribution in [0, 0.1) is 3.57 Å². The first-order valence-electron chi connectivity index (χ1n) is 5.02. The van der Waals surface area contributed by atoms with Crippen LogP contribution < -0.4 is 10.5 Å². The van der Waals surface area contributed by atoms with Gasteiger partial charge in [0.05, 0.1) is 18.6 Å². The van der Waals surface area contributed by atoms with Crippen LogP contribution >= 0.6 is 22.6 Å². The molecule has 0 saturated heterocycles. The van der Waals surface area contributed by atoms with Gasteiger partial charge in [0.15, 0.2) is 0 Å². The van der Waals surface area contributed by atoms with Crippen molar-refractivity contribution in [2.24, 2.45) is 0 Å². The first kappa shape index (κ1) is 12.0. The monoisotopic (exact) mass is 342 g/mol. The Morgan fingerprint density at radius 3 is 2.94 bits per heavy atom. The van der Waals surface area contributed by atoms with E-state index in [2.05, 4.69) is 15.0 Å². The quantitative estimate of drug-likeness (QED) is 0.857. The minimum atomic E-state index is -0.122. The molecular weight excluding hydrogens is 331 g/mol. The average molecular weight is 342 g/mol. The number of aromatic nitrogens is 3. The van der Waals surface area contributed by atoms with Crippen molar-refractivity contribution in [2.75, 3.05) is 11.9 Å². The molecule has 1 N–H and O–H groups in total. The normalized spacial score (nSPS) is 10.2. The van der Waals surface area contributed by atoms with Crippen LogP contribution in [0.25, 0.3) is 0 Å². The second kappa shape index (κ2) is 5.26. The first-order chi connectivity index (χ1) is 8.18. The smallest absolute Gasteiger partial charge is 0.266 e. The molecule has 0 unspecified atom stereocenters. The Morgan fingerprint density at radius 2 is 2.24 bits per heavy atom. The van der Waals surface area contributed by atoms with E-state index in [1.54, 1.807) is 6.20 Å². The number of aromatic amines is 1. The summed E-state index contributed by atoms with van der Waals surface area (Å²) in [4.78, 5) is 24.3. The summed E-state index contributed by atoms with van der Waals surface area (Å²) >= 11 is 1.99. The highest BCUT2D eigenvalue weighted by molar-refractivity contribution is 14.1. The number of nitrogens with one attached hydrogen (secondary N) is 1. The fraction of sp³-hybridized carbons (Fsp3) is 0.182. The zero-order valence-electron chi connectivity index (χ0n) is 9.22. The van der Waals surface area contributed by atoms with E-state index in [1.807, 2.05) is 52.7 Å². The lowest BCUT2D eigenvalue weighted by Gasteiger charge is -2.18. The van der Waals surface area contributed by atoms with Crippen molar-refractivity contribution >= 4 is 28.4 Å². The fourth-order valence-electron chi connectivity index (χ4n) is 1.45. The summed E-state index contributed by atoms with van der Waals surface area (Å²) in [7, 11) is 1.89. The number of nitrogens with zero attached hydrogens (tertiary/aromatic N) is 3. The Balaban J connectivity index is 2.23. The van der Waals surface area contributed by atoms with E-state index < -0.39 is 0 Å². The molecule has 2 aromatic rings. The van der Waals surface area contributed by atoms with E-state index in [1.165, 1.54) is 6.33 Å². The molecule has 0 aromatic carbocycles. The Labute approximate surface area is 112 Å². The molecule has 0 saturated carbocycles. The van der Waals surface area contributed by atoms with Gasteiger partial charge in [-0.15, -0.1) is 0 Å². The van der Waals surface area contributed by atoms with Crippen LogP contribution in [-0.4, -0.2) is 22.0 Å². The van der Waals surface area contributed by atoms with Gasteiger partial charge >= 0.3 is 0 Å². The van der Waals surface area contributed by atoms with Gasteiger partial charge in [0.25, 0.3) is 5.56 Å². The number of halogens is 1. The van der Waals surface area contributed by atoms with Crippen molar-refractivity contribution in [3.8, 4) is 0 Å². The summed E-state index contributed by atoms with van der Waals surface area (Å²) in [6.07, 6.45) is 3.16. The number of H-pyrrole nitrogens is 1. The third-order valence-corrected chi connectivity index (χ3v) is 3.24. The van der Waals surface area contributed by atoms with E-state index in [9.17, 15) is 4.79 Å². The van der Waals surface area contributed by atoms with Crippen molar-refractivity contribution in [2.45, 2.75) is 6.54 Å². The second-order valence-electron chi connectivity index (χ2n) is 3.55. The molecule has 0 atom stereocenters. The molecule has 88 valence electrons. The third kappa shape index (κ3) is 2.82. The lowest BCUT2D eigenvalue weighted by molar-refractivity contribution is 0.853. The van der Waals surface area contributed by atoms with E-state index in [0.717, 1.165) is 5.69 Å². The molecule has 0 aliphatic rings. The van der Waals surface area contributed by atoms with E-state index in [-0.39, 0.29) is 5.56 Å². The number of hydrogen-bond donors (Lipinski definition) is 1. The Morgan fingerprint density at radius 1 is 1.41 bits per heavy atom. The largest absolute Gasteiger partial charge is 0.353 e. The Bertz CT molecular complexity index is 555. The molecule has 0 fully saturated rings. The fourth-order valence-corrected chi connectivity index (χ4v) is 2.16. The van der Waals surface area contributed by atoms with Gasteiger partial charge in [0, 0.05) is 13.2 Å². The van der Waals surface area contributed by atoms with Gasteiger partial charge in [-0.25, -0.2) is 4.98 Å². The van der Waals surface area contributed by atoms with E-state index in [4.69, 9.17) is 0 Å². The molecule has 2 rings (SSSR count).